The van der Waals surface area contributed by atoms with Gasteiger partial charge in [-0.1, -0.05) is 0 Å². The molecule has 3 aromatic heterocycles. The summed E-state index contributed by atoms with van der Waals surface area (Å²) in [5.41, 5.74) is -0.210. The summed E-state index contributed by atoms with van der Waals surface area (Å²) < 4.78 is 34.6. The standard InChI is InChI=1S/C19H22N6O2S2.C2HF3O2/c1-13-21-14(11-29-13)9-25-18(27)17(26)24-12-19(8-15(24)22-25)2-5-23(6-3-19)10-16-20-4-7-28-16;3-2(4,5)1(6)7/h4,7,11H,2-3,5-6,8-10,12H2,1H3;(H,6,7). The molecule has 194 valence electrons. The van der Waals surface area contributed by atoms with E-state index in [4.69, 9.17) is 9.90 Å². The number of likely N-dealkylation sites (tertiary alicyclic amines) is 1. The summed E-state index contributed by atoms with van der Waals surface area (Å²) in [7, 11) is 0. The summed E-state index contributed by atoms with van der Waals surface area (Å²) in [6.45, 7) is 5.62. The van der Waals surface area contributed by atoms with Crippen LogP contribution < -0.4 is 11.1 Å². The molecular weight excluding hydrogens is 521 g/mol. The van der Waals surface area contributed by atoms with Gasteiger partial charge in [0.25, 0.3) is 0 Å². The van der Waals surface area contributed by atoms with Crippen molar-refractivity contribution in [3.63, 3.8) is 0 Å². The lowest BCUT2D eigenvalue weighted by atomic mass is 9.77. The Morgan fingerprint density at radius 3 is 2.42 bits per heavy atom. The number of carbonyl (C=O) groups is 1. The maximum Gasteiger partial charge on any atom is 0.490 e. The molecule has 2 aliphatic rings. The number of alkyl halides is 3. The fraction of sp³-hybridized carbons (Fsp3) is 0.524. The van der Waals surface area contributed by atoms with E-state index < -0.39 is 23.3 Å². The number of piperidine rings is 1. The van der Waals surface area contributed by atoms with Crippen molar-refractivity contribution in [2.45, 2.75) is 52.0 Å². The van der Waals surface area contributed by atoms with Gasteiger partial charge in [-0.3, -0.25) is 19.1 Å². The highest BCUT2D eigenvalue weighted by molar-refractivity contribution is 7.09. The molecule has 0 saturated carbocycles. The van der Waals surface area contributed by atoms with Gasteiger partial charge in [0.1, 0.15) is 10.8 Å². The summed E-state index contributed by atoms with van der Waals surface area (Å²) in [4.78, 5) is 45.4. The first-order chi connectivity index (χ1) is 17.0. The third-order valence-corrected chi connectivity index (χ3v) is 7.80. The van der Waals surface area contributed by atoms with Crippen LogP contribution in [0, 0.1) is 12.3 Å². The number of halogens is 3. The summed E-state index contributed by atoms with van der Waals surface area (Å²) in [6, 6.07) is 0. The predicted molar refractivity (Wildman–Crippen MR) is 125 cm³/mol. The van der Waals surface area contributed by atoms with Crippen LogP contribution in [0.25, 0.3) is 0 Å². The summed E-state index contributed by atoms with van der Waals surface area (Å²) in [5.74, 6) is -2.03. The Morgan fingerprint density at radius 2 is 1.86 bits per heavy atom. The zero-order valence-electron chi connectivity index (χ0n) is 19.2. The van der Waals surface area contributed by atoms with Crippen LogP contribution in [0.1, 0.15) is 34.4 Å². The summed E-state index contributed by atoms with van der Waals surface area (Å²) in [5, 5.41) is 17.7. The van der Waals surface area contributed by atoms with Crippen LogP contribution >= 0.6 is 22.7 Å². The van der Waals surface area contributed by atoms with E-state index in [2.05, 4.69) is 20.0 Å². The molecule has 10 nitrogen and oxygen atoms in total. The predicted octanol–water partition coefficient (Wildman–Crippen LogP) is 2.15. The molecule has 0 atom stereocenters. The van der Waals surface area contributed by atoms with Crippen molar-refractivity contribution in [3.05, 3.63) is 59.2 Å². The number of hydrogen-bond acceptors (Lipinski definition) is 9. The number of thiazole rings is 2. The zero-order chi connectivity index (χ0) is 26.1. The van der Waals surface area contributed by atoms with Crippen molar-refractivity contribution in [3.8, 4) is 0 Å². The molecule has 2 aliphatic heterocycles. The van der Waals surface area contributed by atoms with Crippen molar-refractivity contribution >= 4 is 28.6 Å². The number of rotatable bonds is 4. The van der Waals surface area contributed by atoms with Crippen LogP contribution in [0.15, 0.2) is 26.5 Å². The lowest BCUT2D eigenvalue weighted by Crippen LogP contribution is -2.44. The van der Waals surface area contributed by atoms with Gasteiger partial charge in [0.15, 0.2) is 0 Å². The van der Waals surface area contributed by atoms with E-state index in [-0.39, 0.29) is 12.0 Å². The topological polar surface area (TPSA) is 123 Å². The second-order valence-electron chi connectivity index (χ2n) is 8.81. The molecule has 1 N–H and O–H groups in total. The number of fused-ring (bicyclic) bond motifs is 1. The number of aryl methyl sites for hydroxylation is 1. The fourth-order valence-electron chi connectivity index (χ4n) is 4.39. The molecule has 0 aromatic carbocycles. The highest BCUT2D eigenvalue weighted by Crippen LogP contribution is 2.40. The second-order valence-corrected chi connectivity index (χ2v) is 10.9. The average molecular weight is 545 g/mol. The quantitative estimate of drug-likeness (QED) is 0.496. The first-order valence-electron chi connectivity index (χ1n) is 11.0. The molecule has 15 heteroatoms. The Bertz CT molecular complexity index is 1340. The number of aromatic nitrogens is 5. The molecule has 0 unspecified atom stereocenters. The van der Waals surface area contributed by atoms with Gasteiger partial charge in [-0.15, -0.1) is 22.7 Å². The number of nitrogens with zero attached hydrogens (tertiary/aromatic N) is 6. The molecule has 0 radical (unpaired) electrons. The molecule has 36 heavy (non-hydrogen) atoms. The Hall–Kier alpha value is -2.91. The van der Waals surface area contributed by atoms with E-state index in [1.807, 2.05) is 23.9 Å². The highest BCUT2D eigenvalue weighted by Gasteiger charge is 2.42. The Morgan fingerprint density at radius 1 is 1.17 bits per heavy atom. The third-order valence-electron chi connectivity index (χ3n) is 6.22. The maximum atomic E-state index is 12.7. The molecule has 5 heterocycles. The van der Waals surface area contributed by atoms with E-state index in [1.54, 1.807) is 15.9 Å². The minimum absolute atomic E-state index is 0.0291. The Labute approximate surface area is 210 Å². The summed E-state index contributed by atoms with van der Waals surface area (Å²) in [6.07, 6.45) is -0.481. The van der Waals surface area contributed by atoms with Gasteiger partial charge in [-0.25, -0.2) is 19.4 Å². The van der Waals surface area contributed by atoms with Crippen molar-refractivity contribution in [2.75, 3.05) is 13.1 Å². The number of hydrogen-bond donors (Lipinski definition) is 1. The first kappa shape index (κ1) is 26.2. The Kier molecular flexibility index (Phi) is 7.43. The molecule has 5 rings (SSSR count). The lowest BCUT2D eigenvalue weighted by molar-refractivity contribution is -0.192. The van der Waals surface area contributed by atoms with Crippen LogP contribution in [-0.2, 0) is 30.8 Å². The molecule has 1 fully saturated rings. The van der Waals surface area contributed by atoms with Gasteiger partial charge in [-0.2, -0.15) is 18.3 Å². The van der Waals surface area contributed by atoms with Crippen molar-refractivity contribution in [1.82, 2.24) is 29.2 Å². The van der Waals surface area contributed by atoms with Gasteiger partial charge in [-0.05, 0) is 38.3 Å². The first-order valence-corrected chi connectivity index (χ1v) is 12.7. The van der Waals surface area contributed by atoms with E-state index in [0.29, 0.717) is 6.54 Å². The number of carboxylic acid groups (broad SMARTS) is 1. The van der Waals surface area contributed by atoms with E-state index in [9.17, 15) is 22.8 Å². The van der Waals surface area contributed by atoms with Crippen LogP contribution in [0.5, 0.6) is 0 Å². The fourth-order valence-corrected chi connectivity index (χ4v) is 5.65. The van der Waals surface area contributed by atoms with E-state index in [0.717, 1.165) is 60.4 Å². The second kappa shape index (κ2) is 10.2. The van der Waals surface area contributed by atoms with Gasteiger partial charge in [0, 0.05) is 29.9 Å². The molecule has 3 aromatic rings. The number of carboxylic acids is 1. The lowest BCUT2D eigenvalue weighted by Gasteiger charge is -2.38. The molecule has 1 spiro atoms. The highest BCUT2D eigenvalue weighted by atomic mass is 32.1. The Balaban J connectivity index is 0.000000384. The molecule has 0 aliphatic carbocycles. The smallest absolute Gasteiger partial charge is 0.475 e. The normalized spacial score (nSPS) is 17.0. The third kappa shape index (κ3) is 5.90. The average Bonchev–Trinajstić information content (AvgIpc) is 3.55. The van der Waals surface area contributed by atoms with Crippen molar-refractivity contribution in [1.29, 1.82) is 0 Å². The van der Waals surface area contributed by atoms with E-state index in [1.165, 1.54) is 16.0 Å². The minimum atomic E-state index is -5.08. The van der Waals surface area contributed by atoms with Crippen molar-refractivity contribution < 1.29 is 23.1 Å². The van der Waals surface area contributed by atoms with Gasteiger partial charge in [0.05, 0.1) is 23.8 Å². The van der Waals surface area contributed by atoms with Crippen LogP contribution in [0.2, 0.25) is 0 Å². The maximum absolute atomic E-state index is 12.7. The van der Waals surface area contributed by atoms with Gasteiger partial charge >= 0.3 is 23.3 Å². The van der Waals surface area contributed by atoms with Crippen LogP contribution in [0.4, 0.5) is 13.2 Å². The largest absolute Gasteiger partial charge is 0.490 e. The van der Waals surface area contributed by atoms with Crippen molar-refractivity contribution in [2.24, 2.45) is 5.41 Å². The van der Waals surface area contributed by atoms with Crippen LogP contribution in [-0.4, -0.2) is 59.6 Å². The molecule has 0 bridgehead atoms. The van der Waals surface area contributed by atoms with Gasteiger partial charge < -0.3 is 5.11 Å². The monoisotopic (exact) mass is 544 g/mol. The SMILES string of the molecule is Cc1nc(Cn2nc3n(c(=O)c2=O)CC2(CCN(Cc4nccs4)CC2)C3)cs1.O=C(O)C(F)(F)F. The molecular formula is C21H23F3N6O4S2. The van der Waals surface area contributed by atoms with Gasteiger partial charge in [0.2, 0.25) is 0 Å². The summed E-state index contributed by atoms with van der Waals surface area (Å²) >= 11 is 3.22. The van der Waals surface area contributed by atoms with Crippen LogP contribution in [0.3, 0.4) is 0 Å². The number of aliphatic carboxylic acids is 1. The minimum Gasteiger partial charge on any atom is -0.475 e. The molecule has 1 saturated heterocycles. The van der Waals surface area contributed by atoms with E-state index >= 15 is 0 Å². The molecule has 0 amide bonds. The zero-order valence-corrected chi connectivity index (χ0v) is 20.8.